The van der Waals surface area contributed by atoms with Crippen molar-refractivity contribution in [2.45, 2.75) is 37.8 Å². The highest BCUT2D eigenvalue weighted by atomic mass is 79.9. The number of hydrogen-bond donors (Lipinski definition) is 0. The summed E-state index contributed by atoms with van der Waals surface area (Å²) in [7, 11) is 6.22. The lowest BCUT2D eigenvalue weighted by Gasteiger charge is -2.34. The van der Waals surface area contributed by atoms with E-state index in [0.29, 0.717) is 12.1 Å². The number of halogens is 1. The summed E-state index contributed by atoms with van der Waals surface area (Å²) in [6, 6.07) is 0.500. The quantitative estimate of drug-likeness (QED) is 0.677. The summed E-state index contributed by atoms with van der Waals surface area (Å²) in [6.07, 6.45) is 12.7. The molecule has 1 aromatic rings. The highest BCUT2D eigenvalue weighted by molar-refractivity contribution is 9.10. The van der Waals surface area contributed by atoms with E-state index in [4.69, 9.17) is 4.74 Å². The Kier molecular flexibility index (Phi) is 7.46. The number of aromatic nitrogens is 2. The minimum absolute atomic E-state index is 0.384. The molecule has 1 aliphatic rings. The smallest absolute Gasteiger partial charge is 0.225 e. The zero-order valence-corrected chi connectivity index (χ0v) is 15.9. The van der Waals surface area contributed by atoms with Crippen molar-refractivity contribution in [3.8, 4) is 0 Å². The fourth-order valence-corrected chi connectivity index (χ4v) is 3.00. The first-order valence-electron chi connectivity index (χ1n) is 8.18. The van der Waals surface area contributed by atoms with Crippen molar-refractivity contribution in [1.82, 2.24) is 14.9 Å². The summed E-state index contributed by atoms with van der Waals surface area (Å²) in [5.74, 6) is 0.796. The summed E-state index contributed by atoms with van der Waals surface area (Å²) in [5, 5.41) is 0. The Hall–Kier alpha value is -0.980. The van der Waals surface area contributed by atoms with E-state index in [0.717, 1.165) is 49.3 Å². The van der Waals surface area contributed by atoms with E-state index in [1.54, 1.807) is 12.4 Å². The summed E-state index contributed by atoms with van der Waals surface area (Å²) < 4.78 is 6.86. The van der Waals surface area contributed by atoms with Gasteiger partial charge >= 0.3 is 0 Å². The molecule has 0 spiro atoms. The van der Waals surface area contributed by atoms with E-state index in [-0.39, 0.29) is 0 Å². The standard InChI is InChI=1S/C17H27BrN4O/c1-21(2)10-4-5-11-23-16-8-6-15(7-9-16)22(3)17-19-12-14(18)13-20-17/h4-5,12-13,15-16H,6-11H2,1-3H3/t15-,16-. The van der Waals surface area contributed by atoms with Crippen LogP contribution in [0.3, 0.4) is 0 Å². The normalized spacial score (nSPS) is 22.0. The minimum Gasteiger partial charge on any atom is -0.374 e. The molecule has 0 aliphatic heterocycles. The summed E-state index contributed by atoms with van der Waals surface area (Å²) in [5.41, 5.74) is 0. The zero-order valence-electron chi connectivity index (χ0n) is 14.3. The lowest BCUT2D eigenvalue weighted by Crippen LogP contribution is -2.38. The Morgan fingerprint density at radius 3 is 2.39 bits per heavy atom. The van der Waals surface area contributed by atoms with E-state index >= 15 is 0 Å². The molecular weight excluding hydrogens is 356 g/mol. The predicted molar refractivity (Wildman–Crippen MR) is 97.8 cm³/mol. The van der Waals surface area contributed by atoms with Crippen molar-refractivity contribution in [2.24, 2.45) is 0 Å². The molecule has 1 saturated carbocycles. The van der Waals surface area contributed by atoms with Crippen molar-refractivity contribution >= 4 is 21.9 Å². The van der Waals surface area contributed by atoms with Crippen molar-refractivity contribution < 1.29 is 4.74 Å². The average Bonchev–Trinajstić information content (AvgIpc) is 2.55. The van der Waals surface area contributed by atoms with Gasteiger partial charge < -0.3 is 14.5 Å². The second kappa shape index (κ2) is 9.35. The van der Waals surface area contributed by atoms with Crippen molar-refractivity contribution in [1.29, 1.82) is 0 Å². The van der Waals surface area contributed by atoms with Gasteiger partial charge in [0, 0.05) is 32.0 Å². The van der Waals surface area contributed by atoms with Crippen LogP contribution >= 0.6 is 15.9 Å². The Balaban J connectivity index is 1.71. The molecule has 0 saturated heterocycles. The topological polar surface area (TPSA) is 41.5 Å². The summed E-state index contributed by atoms with van der Waals surface area (Å²) in [4.78, 5) is 13.1. The van der Waals surface area contributed by atoms with Crippen LogP contribution in [0.4, 0.5) is 5.95 Å². The van der Waals surface area contributed by atoms with Gasteiger partial charge in [0.2, 0.25) is 5.95 Å². The third-order valence-electron chi connectivity index (χ3n) is 4.18. The third kappa shape index (κ3) is 6.20. The fraction of sp³-hybridized carbons (Fsp3) is 0.647. The second-order valence-corrected chi connectivity index (χ2v) is 7.23. The molecular formula is C17H27BrN4O. The van der Waals surface area contributed by atoms with Gasteiger partial charge in [-0.2, -0.15) is 0 Å². The number of rotatable bonds is 7. The average molecular weight is 383 g/mol. The van der Waals surface area contributed by atoms with Crippen LogP contribution in [0.5, 0.6) is 0 Å². The molecule has 0 amide bonds. The van der Waals surface area contributed by atoms with E-state index < -0.39 is 0 Å². The van der Waals surface area contributed by atoms with E-state index in [1.165, 1.54) is 0 Å². The summed E-state index contributed by atoms with van der Waals surface area (Å²) >= 11 is 3.37. The van der Waals surface area contributed by atoms with Crippen LogP contribution in [-0.4, -0.2) is 61.3 Å². The Morgan fingerprint density at radius 1 is 1.13 bits per heavy atom. The Labute approximate surface area is 147 Å². The monoisotopic (exact) mass is 382 g/mol. The molecule has 1 aliphatic carbocycles. The minimum atomic E-state index is 0.384. The van der Waals surface area contributed by atoms with Crippen LogP contribution in [0.2, 0.25) is 0 Å². The molecule has 128 valence electrons. The molecule has 0 N–H and O–H groups in total. The van der Waals surface area contributed by atoms with Gasteiger partial charge in [-0.25, -0.2) is 9.97 Å². The maximum absolute atomic E-state index is 5.95. The number of likely N-dealkylation sites (N-methyl/N-ethyl adjacent to an activating group) is 1. The highest BCUT2D eigenvalue weighted by Gasteiger charge is 2.25. The van der Waals surface area contributed by atoms with Crippen LogP contribution in [-0.2, 0) is 4.74 Å². The lowest BCUT2D eigenvalue weighted by molar-refractivity contribution is 0.0422. The fourth-order valence-electron chi connectivity index (χ4n) is 2.80. The van der Waals surface area contributed by atoms with Crippen LogP contribution in [0.25, 0.3) is 0 Å². The first kappa shape index (κ1) is 18.4. The first-order chi connectivity index (χ1) is 11.1. The molecule has 23 heavy (non-hydrogen) atoms. The van der Waals surface area contributed by atoms with Crippen molar-refractivity contribution in [3.05, 3.63) is 29.0 Å². The summed E-state index contributed by atoms with van der Waals surface area (Å²) in [6.45, 7) is 1.68. The molecule has 0 unspecified atom stereocenters. The molecule has 0 atom stereocenters. The highest BCUT2D eigenvalue weighted by Crippen LogP contribution is 2.26. The maximum Gasteiger partial charge on any atom is 0.225 e. The molecule has 5 nitrogen and oxygen atoms in total. The van der Waals surface area contributed by atoms with Gasteiger partial charge in [-0.3, -0.25) is 0 Å². The lowest BCUT2D eigenvalue weighted by atomic mass is 9.92. The maximum atomic E-state index is 5.95. The van der Waals surface area contributed by atoms with Gasteiger partial charge in [-0.1, -0.05) is 12.2 Å². The zero-order chi connectivity index (χ0) is 16.7. The van der Waals surface area contributed by atoms with Crippen LogP contribution in [0, 0.1) is 0 Å². The number of ether oxygens (including phenoxy) is 1. The van der Waals surface area contributed by atoms with E-state index in [9.17, 15) is 0 Å². The van der Waals surface area contributed by atoms with Gasteiger partial charge in [0.25, 0.3) is 0 Å². The van der Waals surface area contributed by atoms with Crippen LogP contribution in [0.1, 0.15) is 25.7 Å². The van der Waals surface area contributed by atoms with Gasteiger partial charge in [-0.05, 0) is 55.7 Å². The van der Waals surface area contributed by atoms with Crippen molar-refractivity contribution in [2.75, 3.05) is 39.2 Å². The molecule has 0 bridgehead atoms. The molecule has 1 fully saturated rings. The van der Waals surface area contributed by atoms with Crippen LogP contribution < -0.4 is 4.90 Å². The number of hydrogen-bond acceptors (Lipinski definition) is 5. The SMILES string of the molecule is CN(C)CC=CCO[C@H]1CC[C@H](N(C)c2ncc(Br)cn2)CC1. The third-order valence-corrected chi connectivity index (χ3v) is 4.59. The second-order valence-electron chi connectivity index (χ2n) is 6.31. The molecule has 1 heterocycles. The Bertz CT molecular complexity index is 484. The molecule has 2 rings (SSSR count). The number of nitrogens with zero attached hydrogens (tertiary/aromatic N) is 4. The molecule has 6 heteroatoms. The van der Waals surface area contributed by atoms with E-state index in [2.05, 4.69) is 69.0 Å². The van der Waals surface area contributed by atoms with Gasteiger partial charge in [-0.15, -0.1) is 0 Å². The van der Waals surface area contributed by atoms with E-state index in [1.807, 2.05) is 0 Å². The van der Waals surface area contributed by atoms with Crippen molar-refractivity contribution in [3.63, 3.8) is 0 Å². The van der Waals surface area contributed by atoms with Gasteiger partial charge in [0.1, 0.15) is 0 Å². The van der Waals surface area contributed by atoms with Gasteiger partial charge in [0.15, 0.2) is 0 Å². The predicted octanol–water partition coefficient (Wildman–Crippen LogP) is 3.12. The molecule has 1 aromatic heterocycles. The molecule has 0 aromatic carbocycles. The van der Waals surface area contributed by atoms with Gasteiger partial charge in [0.05, 0.1) is 17.2 Å². The molecule has 0 radical (unpaired) electrons. The Morgan fingerprint density at radius 2 is 1.78 bits per heavy atom. The van der Waals surface area contributed by atoms with Crippen LogP contribution in [0.15, 0.2) is 29.0 Å². The number of anilines is 1. The largest absolute Gasteiger partial charge is 0.374 e. The first-order valence-corrected chi connectivity index (χ1v) is 8.97.